The lowest BCUT2D eigenvalue weighted by Gasteiger charge is -2.22. The van der Waals surface area contributed by atoms with E-state index in [2.05, 4.69) is 0 Å². The molecule has 0 aliphatic heterocycles. The quantitative estimate of drug-likeness (QED) is 0.853. The molecule has 1 fully saturated rings. The molecule has 0 bridgehead atoms. The van der Waals surface area contributed by atoms with Gasteiger partial charge in [-0.15, -0.1) is 0 Å². The molecule has 1 aliphatic carbocycles. The second-order valence-corrected chi connectivity index (χ2v) is 5.41. The van der Waals surface area contributed by atoms with Gasteiger partial charge in [0.05, 0.1) is 6.42 Å². The summed E-state index contributed by atoms with van der Waals surface area (Å²) >= 11 is 5.99. The molecule has 0 amide bonds. The van der Waals surface area contributed by atoms with E-state index in [1.165, 1.54) is 0 Å². The summed E-state index contributed by atoms with van der Waals surface area (Å²) in [6.07, 6.45) is 4.34. The number of nitrogens with two attached hydrogens (primary N) is 1. The van der Waals surface area contributed by atoms with Crippen LogP contribution in [-0.4, -0.2) is 11.5 Å². The smallest absolute Gasteiger partial charge is 0.307 e. The lowest BCUT2D eigenvalue weighted by atomic mass is 9.95. The first-order chi connectivity index (χ1) is 8.59. The molecule has 18 heavy (non-hydrogen) atoms. The molecule has 0 unspecified atom stereocenters. The third-order valence-corrected chi connectivity index (χ3v) is 3.81. The van der Waals surface area contributed by atoms with Crippen LogP contribution in [0.1, 0.15) is 37.7 Å². The highest BCUT2D eigenvalue weighted by molar-refractivity contribution is 6.31. The van der Waals surface area contributed by atoms with E-state index in [0.29, 0.717) is 11.4 Å². The van der Waals surface area contributed by atoms with Gasteiger partial charge in [-0.2, -0.15) is 0 Å². The van der Waals surface area contributed by atoms with Gasteiger partial charge in [-0.3, -0.25) is 4.79 Å². The molecule has 0 radical (unpaired) electrons. The minimum Gasteiger partial charge on any atom is -0.461 e. The van der Waals surface area contributed by atoms with Gasteiger partial charge < -0.3 is 10.5 Å². The average Bonchev–Trinajstić information content (AvgIpc) is 2.74. The van der Waals surface area contributed by atoms with E-state index in [4.69, 9.17) is 22.1 Å². The highest BCUT2D eigenvalue weighted by Gasteiger charge is 2.32. The summed E-state index contributed by atoms with van der Waals surface area (Å²) < 4.78 is 5.23. The molecule has 2 N–H and O–H groups in total. The molecule has 0 heterocycles. The molecule has 1 saturated carbocycles. The average molecular weight is 268 g/mol. The van der Waals surface area contributed by atoms with Crippen molar-refractivity contribution in [3.8, 4) is 0 Å². The summed E-state index contributed by atoms with van der Waals surface area (Å²) in [4.78, 5) is 11.7. The van der Waals surface area contributed by atoms with Crippen molar-refractivity contribution in [2.75, 3.05) is 0 Å². The van der Waals surface area contributed by atoms with E-state index < -0.39 is 0 Å². The maximum Gasteiger partial charge on any atom is 0.307 e. The fraction of sp³-hybridized carbons (Fsp3) is 0.500. The van der Waals surface area contributed by atoms with Crippen LogP contribution in [0.25, 0.3) is 0 Å². The molecular formula is C14H18ClNO2. The molecule has 3 nitrogen and oxygen atoms in total. The lowest BCUT2D eigenvalue weighted by Crippen LogP contribution is -2.39. The normalized spacial score (nSPS) is 17.7. The standard InChI is InChI=1S/C14H18ClNO2/c15-12-6-2-1-5-11(12)10-18-13(17)9-14(16)7-3-4-8-14/h1-2,5-6H,3-4,7-10,16H2. The largest absolute Gasteiger partial charge is 0.461 e. The van der Waals surface area contributed by atoms with Crippen molar-refractivity contribution in [2.45, 2.75) is 44.2 Å². The monoisotopic (exact) mass is 267 g/mol. The Hall–Kier alpha value is -1.06. The van der Waals surface area contributed by atoms with E-state index in [1.54, 1.807) is 6.07 Å². The zero-order valence-corrected chi connectivity index (χ0v) is 11.1. The number of carbonyl (C=O) groups is 1. The van der Waals surface area contributed by atoms with Crippen molar-refractivity contribution in [1.82, 2.24) is 0 Å². The summed E-state index contributed by atoms with van der Waals surface area (Å²) in [7, 11) is 0. The summed E-state index contributed by atoms with van der Waals surface area (Å²) in [5, 5.41) is 0.619. The topological polar surface area (TPSA) is 52.3 Å². The van der Waals surface area contributed by atoms with Gasteiger partial charge in [-0.1, -0.05) is 42.6 Å². The number of ether oxygens (including phenoxy) is 1. The van der Waals surface area contributed by atoms with Crippen LogP contribution in [0.5, 0.6) is 0 Å². The van der Waals surface area contributed by atoms with E-state index in [0.717, 1.165) is 31.2 Å². The Morgan fingerprint density at radius 2 is 2.00 bits per heavy atom. The zero-order valence-electron chi connectivity index (χ0n) is 10.3. The van der Waals surface area contributed by atoms with Crippen LogP contribution in [0, 0.1) is 0 Å². The van der Waals surface area contributed by atoms with Crippen LogP contribution >= 0.6 is 11.6 Å². The number of benzene rings is 1. The number of hydrogen-bond donors (Lipinski definition) is 1. The molecule has 98 valence electrons. The second kappa shape index (κ2) is 5.72. The van der Waals surface area contributed by atoms with Crippen LogP contribution in [0.15, 0.2) is 24.3 Å². The summed E-state index contributed by atoms with van der Waals surface area (Å²) in [5.74, 6) is -0.237. The van der Waals surface area contributed by atoms with Gasteiger partial charge in [0.15, 0.2) is 0 Å². The lowest BCUT2D eigenvalue weighted by molar-refractivity contribution is -0.146. The van der Waals surface area contributed by atoms with E-state index in [-0.39, 0.29) is 18.1 Å². The number of esters is 1. The number of halogens is 1. The van der Waals surface area contributed by atoms with Gasteiger partial charge >= 0.3 is 5.97 Å². The zero-order chi connectivity index (χ0) is 13.0. The first kappa shape index (κ1) is 13.4. The summed E-state index contributed by atoms with van der Waals surface area (Å²) in [6.45, 7) is 0.217. The Labute approximate surface area is 112 Å². The molecule has 0 atom stereocenters. The van der Waals surface area contributed by atoms with Crippen molar-refractivity contribution >= 4 is 17.6 Å². The van der Waals surface area contributed by atoms with Crippen molar-refractivity contribution in [2.24, 2.45) is 5.73 Å². The number of hydrogen-bond acceptors (Lipinski definition) is 3. The van der Waals surface area contributed by atoms with Crippen molar-refractivity contribution in [3.63, 3.8) is 0 Å². The van der Waals surface area contributed by atoms with Gasteiger partial charge in [0.2, 0.25) is 0 Å². The second-order valence-electron chi connectivity index (χ2n) is 5.00. The predicted molar refractivity (Wildman–Crippen MR) is 71.3 cm³/mol. The minimum atomic E-state index is -0.350. The molecule has 2 rings (SSSR count). The van der Waals surface area contributed by atoms with Crippen molar-refractivity contribution < 1.29 is 9.53 Å². The Morgan fingerprint density at radius 1 is 1.33 bits per heavy atom. The molecule has 0 saturated heterocycles. The molecule has 1 aromatic carbocycles. The Morgan fingerprint density at radius 3 is 2.67 bits per heavy atom. The minimum absolute atomic E-state index is 0.217. The van der Waals surface area contributed by atoms with Gasteiger partial charge in [-0.25, -0.2) is 0 Å². The number of carbonyl (C=O) groups excluding carboxylic acids is 1. The number of rotatable bonds is 4. The molecular weight excluding hydrogens is 250 g/mol. The molecule has 1 aromatic rings. The van der Waals surface area contributed by atoms with Crippen LogP contribution in [0.3, 0.4) is 0 Å². The first-order valence-electron chi connectivity index (χ1n) is 6.27. The van der Waals surface area contributed by atoms with Crippen LogP contribution < -0.4 is 5.73 Å². The van der Waals surface area contributed by atoms with E-state index >= 15 is 0 Å². The third kappa shape index (κ3) is 3.47. The predicted octanol–water partition coefficient (Wildman–Crippen LogP) is 3.04. The SMILES string of the molecule is NC1(CC(=O)OCc2ccccc2Cl)CCCC1. The van der Waals surface area contributed by atoms with Crippen molar-refractivity contribution in [1.29, 1.82) is 0 Å². The van der Waals surface area contributed by atoms with Crippen LogP contribution in [0.2, 0.25) is 5.02 Å². The van der Waals surface area contributed by atoms with Gasteiger partial charge in [0.1, 0.15) is 6.61 Å². The molecule has 1 aliphatic rings. The Bertz CT molecular complexity index is 428. The Balaban J connectivity index is 1.83. The Kier molecular flexibility index (Phi) is 4.25. The maximum atomic E-state index is 11.7. The fourth-order valence-electron chi connectivity index (χ4n) is 2.37. The highest BCUT2D eigenvalue weighted by Crippen LogP contribution is 2.30. The van der Waals surface area contributed by atoms with Crippen LogP contribution in [-0.2, 0) is 16.1 Å². The molecule has 4 heteroatoms. The fourth-order valence-corrected chi connectivity index (χ4v) is 2.56. The van der Waals surface area contributed by atoms with Gasteiger partial charge in [-0.05, 0) is 18.9 Å². The summed E-state index contributed by atoms with van der Waals surface area (Å²) in [5.41, 5.74) is 6.61. The summed E-state index contributed by atoms with van der Waals surface area (Å²) in [6, 6.07) is 7.35. The van der Waals surface area contributed by atoms with Crippen molar-refractivity contribution in [3.05, 3.63) is 34.9 Å². The van der Waals surface area contributed by atoms with E-state index in [9.17, 15) is 4.79 Å². The maximum absolute atomic E-state index is 11.7. The van der Waals surface area contributed by atoms with Gasteiger partial charge in [0, 0.05) is 16.1 Å². The third-order valence-electron chi connectivity index (χ3n) is 3.44. The highest BCUT2D eigenvalue weighted by atomic mass is 35.5. The van der Waals surface area contributed by atoms with Crippen LogP contribution in [0.4, 0.5) is 0 Å². The first-order valence-corrected chi connectivity index (χ1v) is 6.65. The van der Waals surface area contributed by atoms with Gasteiger partial charge in [0.25, 0.3) is 0 Å². The molecule has 0 aromatic heterocycles. The molecule has 0 spiro atoms. The van der Waals surface area contributed by atoms with E-state index in [1.807, 2.05) is 18.2 Å².